The van der Waals surface area contributed by atoms with Gasteiger partial charge in [-0.05, 0) is 48.9 Å². The van der Waals surface area contributed by atoms with Crippen LogP contribution in [-0.2, 0) is 30.7 Å². The number of carbonyl (C=O) groups excluding carboxylic acids is 1. The molecule has 0 saturated heterocycles. The number of benzene rings is 1. The maximum atomic E-state index is 12.9. The third-order valence-electron chi connectivity index (χ3n) is 5.01. The topological polar surface area (TPSA) is 64.0 Å². The molecule has 2 heterocycles. The predicted molar refractivity (Wildman–Crippen MR) is 116 cm³/mol. The van der Waals surface area contributed by atoms with E-state index in [0.717, 1.165) is 39.5 Å². The van der Waals surface area contributed by atoms with Crippen molar-refractivity contribution in [3.8, 4) is 0 Å². The molecule has 1 aliphatic rings. The summed E-state index contributed by atoms with van der Waals surface area (Å²) in [5.41, 5.74) is 1.99. The predicted octanol–water partition coefficient (Wildman–Crippen LogP) is 4.46. The third kappa shape index (κ3) is 4.02. The molecular weight excluding hydrogens is 462 g/mol. The molecular formula is C20H19BrClN3O2S. The van der Waals surface area contributed by atoms with Crippen molar-refractivity contribution >= 4 is 55.0 Å². The van der Waals surface area contributed by atoms with Crippen molar-refractivity contribution in [1.82, 2.24) is 14.9 Å². The van der Waals surface area contributed by atoms with Gasteiger partial charge in [-0.25, -0.2) is 4.98 Å². The van der Waals surface area contributed by atoms with Gasteiger partial charge in [0.25, 0.3) is 5.56 Å². The molecule has 0 aliphatic heterocycles. The minimum Gasteiger partial charge on any atom is -0.352 e. The summed E-state index contributed by atoms with van der Waals surface area (Å²) in [6.45, 7) is 0.668. The molecule has 0 atom stereocenters. The lowest BCUT2D eigenvalue weighted by atomic mass is 9.97. The van der Waals surface area contributed by atoms with E-state index in [1.165, 1.54) is 16.9 Å². The molecule has 28 heavy (non-hydrogen) atoms. The van der Waals surface area contributed by atoms with Crippen LogP contribution in [0.3, 0.4) is 0 Å². The Morgan fingerprint density at radius 3 is 2.96 bits per heavy atom. The van der Waals surface area contributed by atoms with Gasteiger partial charge >= 0.3 is 0 Å². The van der Waals surface area contributed by atoms with Crippen molar-refractivity contribution in [2.75, 3.05) is 0 Å². The number of aromatic nitrogens is 2. The van der Waals surface area contributed by atoms with Gasteiger partial charge in [0.05, 0.1) is 11.7 Å². The highest BCUT2D eigenvalue weighted by atomic mass is 79.9. The second-order valence-corrected chi connectivity index (χ2v) is 9.30. The van der Waals surface area contributed by atoms with Crippen LogP contribution < -0.4 is 10.9 Å². The number of fused-ring (bicyclic) bond motifs is 3. The molecule has 0 radical (unpaired) electrons. The molecule has 5 nitrogen and oxygen atoms in total. The highest BCUT2D eigenvalue weighted by Crippen LogP contribution is 2.33. The van der Waals surface area contributed by atoms with E-state index in [0.29, 0.717) is 18.1 Å². The van der Waals surface area contributed by atoms with Crippen molar-refractivity contribution in [3.05, 3.63) is 60.4 Å². The minimum absolute atomic E-state index is 0.0341. The lowest BCUT2D eigenvalue weighted by molar-refractivity contribution is -0.121. The van der Waals surface area contributed by atoms with Crippen molar-refractivity contribution in [3.63, 3.8) is 0 Å². The second-order valence-electron chi connectivity index (χ2n) is 6.90. The van der Waals surface area contributed by atoms with Crippen LogP contribution in [0.1, 0.15) is 35.3 Å². The fourth-order valence-electron chi connectivity index (χ4n) is 3.51. The first kappa shape index (κ1) is 19.6. The summed E-state index contributed by atoms with van der Waals surface area (Å²) in [7, 11) is 0. The van der Waals surface area contributed by atoms with Crippen LogP contribution in [0.5, 0.6) is 0 Å². The Kier molecular flexibility index (Phi) is 5.85. The van der Waals surface area contributed by atoms with Crippen LogP contribution >= 0.6 is 38.9 Å². The van der Waals surface area contributed by atoms with E-state index in [4.69, 9.17) is 11.6 Å². The van der Waals surface area contributed by atoms with Gasteiger partial charge in [-0.3, -0.25) is 14.2 Å². The van der Waals surface area contributed by atoms with Gasteiger partial charge < -0.3 is 5.32 Å². The molecule has 1 aromatic carbocycles. The lowest BCUT2D eigenvalue weighted by Gasteiger charge is -2.11. The van der Waals surface area contributed by atoms with Crippen LogP contribution in [0.4, 0.5) is 0 Å². The Morgan fingerprint density at radius 1 is 1.32 bits per heavy atom. The molecule has 0 bridgehead atoms. The molecule has 4 rings (SSSR count). The Morgan fingerprint density at radius 2 is 2.14 bits per heavy atom. The van der Waals surface area contributed by atoms with Gasteiger partial charge in [-0.2, -0.15) is 0 Å². The average Bonchev–Trinajstić information content (AvgIpc) is 3.06. The molecule has 2 aromatic heterocycles. The normalized spacial score (nSPS) is 13.5. The standard InChI is InChI=1S/C20H19BrClN3O2S/c21-13-6-5-12(15(22)9-13)10-23-17(26)7-8-25-11-24-19-18(20(25)27)14-3-1-2-4-16(14)28-19/h5-6,9,11H,1-4,7-8,10H2,(H,23,26). The summed E-state index contributed by atoms with van der Waals surface area (Å²) in [6.07, 6.45) is 6.06. The fraction of sp³-hybridized carbons (Fsp3) is 0.350. The zero-order valence-electron chi connectivity index (χ0n) is 15.1. The molecule has 1 amide bonds. The first-order chi connectivity index (χ1) is 13.5. The number of nitrogens with one attached hydrogen (secondary N) is 1. The molecule has 0 fully saturated rings. The van der Waals surface area contributed by atoms with E-state index in [2.05, 4.69) is 26.2 Å². The van der Waals surface area contributed by atoms with Gasteiger partial charge in [0, 0.05) is 33.9 Å². The molecule has 0 spiro atoms. The zero-order chi connectivity index (χ0) is 19.7. The summed E-state index contributed by atoms with van der Waals surface area (Å²) >= 11 is 11.2. The average molecular weight is 481 g/mol. The molecule has 0 unspecified atom stereocenters. The molecule has 1 aliphatic carbocycles. The maximum Gasteiger partial charge on any atom is 0.262 e. The molecule has 1 N–H and O–H groups in total. The van der Waals surface area contributed by atoms with Crippen molar-refractivity contribution < 1.29 is 4.79 Å². The van der Waals surface area contributed by atoms with Crippen molar-refractivity contribution in [2.24, 2.45) is 0 Å². The van der Waals surface area contributed by atoms with Gasteiger partial charge in [0.15, 0.2) is 0 Å². The first-order valence-electron chi connectivity index (χ1n) is 9.23. The van der Waals surface area contributed by atoms with Gasteiger partial charge in [0.2, 0.25) is 5.91 Å². The minimum atomic E-state index is -0.127. The highest BCUT2D eigenvalue weighted by molar-refractivity contribution is 9.10. The molecule has 8 heteroatoms. The van der Waals surface area contributed by atoms with Crippen LogP contribution in [0.2, 0.25) is 5.02 Å². The number of amides is 1. The molecule has 146 valence electrons. The number of hydrogen-bond donors (Lipinski definition) is 1. The lowest BCUT2D eigenvalue weighted by Crippen LogP contribution is -2.27. The van der Waals surface area contributed by atoms with Crippen LogP contribution in [-0.4, -0.2) is 15.5 Å². The number of aryl methyl sites for hydroxylation is 3. The van der Waals surface area contributed by atoms with Gasteiger partial charge in [-0.1, -0.05) is 33.6 Å². The quantitative estimate of drug-likeness (QED) is 0.586. The number of rotatable bonds is 5. The second kappa shape index (κ2) is 8.35. The van der Waals surface area contributed by atoms with Gasteiger partial charge in [0.1, 0.15) is 4.83 Å². The Hall–Kier alpha value is -1.70. The van der Waals surface area contributed by atoms with Crippen LogP contribution in [0.15, 0.2) is 33.8 Å². The summed E-state index contributed by atoms with van der Waals surface area (Å²) in [5, 5.41) is 4.21. The summed E-state index contributed by atoms with van der Waals surface area (Å²) in [4.78, 5) is 31.7. The summed E-state index contributed by atoms with van der Waals surface area (Å²) in [5.74, 6) is -0.127. The number of carbonyl (C=O) groups is 1. The summed E-state index contributed by atoms with van der Waals surface area (Å²) < 4.78 is 2.45. The number of hydrogen-bond acceptors (Lipinski definition) is 4. The smallest absolute Gasteiger partial charge is 0.262 e. The van der Waals surface area contributed by atoms with Crippen molar-refractivity contribution in [2.45, 2.75) is 45.2 Å². The monoisotopic (exact) mass is 479 g/mol. The van der Waals surface area contributed by atoms with Crippen LogP contribution in [0, 0.1) is 0 Å². The SMILES string of the molecule is O=C(CCn1cnc2sc3c(c2c1=O)CCCC3)NCc1ccc(Br)cc1Cl. The van der Waals surface area contributed by atoms with Crippen LogP contribution in [0.25, 0.3) is 10.2 Å². The third-order valence-corrected chi connectivity index (χ3v) is 7.06. The number of halogens is 2. The van der Waals surface area contributed by atoms with E-state index in [1.807, 2.05) is 12.1 Å². The highest BCUT2D eigenvalue weighted by Gasteiger charge is 2.20. The maximum absolute atomic E-state index is 12.9. The Balaban J connectivity index is 1.43. The largest absolute Gasteiger partial charge is 0.352 e. The van der Waals surface area contributed by atoms with E-state index >= 15 is 0 Å². The zero-order valence-corrected chi connectivity index (χ0v) is 18.3. The van der Waals surface area contributed by atoms with E-state index in [-0.39, 0.29) is 17.9 Å². The van der Waals surface area contributed by atoms with E-state index < -0.39 is 0 Å². The molecule has 3 aromatic rings. The fourth-order valence-corrected chi connectivity index (χ4v) is 5.47. The summed E-state index contributed by atoms with van der Waals surface area (Å²) in [6, 6.07) is 5.55. The number of nitrogens with zero attached hydrogens (tertiary/aromatic N) is 2. The molecule has 0 saturated carbocycles. The van der Waals surface area contributed by atoms with E-state index in [1.54, 1.807) is 28.3 Å². The Labute approximate surface area is 179 Å². The first-order valence-corrected chi connectivity index (χ1v) is 11.2. The van der Waals surface area contributed by atoms with Gasteiger partial charge in [-0.15, -0.1) is 11.3 Å². The van der Waals surface area contributed by atoms with Crippen molar-refractivity contribution in [1.29, 1.82) is 0 Å². The number of thiophene rings is 1. The van der Waals surface area contributed by atoms with E-state index in [9.17, 15) is 9.59 Å². The Bertz CT molecular complexity index is 1110.